The fourth-order valence-corrected chi connectivity index (χ4v) is 1.56. The van der Waals surface area contributed by atoms with Gasteiger partial charge in [-0.15, -0.1) is 6.42 Å². The molecule has 1 heterocycles. The number of methoxy groups -OCH3 is 2. The number of alkyl carbamates (subject to hydrolysis) is 2. The van der Waals surface area contributed by atoms with Crippen molar-refractivity contribution in [1.82, 2.24) is 10.6 Å². The quantitative estimate of drug-likeness (QED) is 0.587. The van der Waals surface area contributed by atoms with Crippen molar-refractivity contribution in [3.63, 3.8) is 0 Å². The van der Waals surface area contributed by atoms with Crippen LogP contribution in [0.3, 0.4) is 0 Å². The van der Waals surface area contributed by atoms with E-state index >= 15 is 0 Å². The van der Waals surface area contributed by atoms with Crippen molar-refractivity contribution >= 4 is 19.3 Å². The highest BCUT2D eigenvalue weighted by molar-refractivity contribution is 6.51. The fraction of sp³-hybridized carbons (Fsp3) is 0.625. The molecule has 0 unspecified atom stereocenters. The van der Waals surface area contributed by atoms with Gasteiger partial charge in [-0.05, 0) is 27.7 Å². The van der Waals surface area contributed by atoms with E-state index in [0.717, 1.165) is 0 Å². The first-order chi connectivity index (χ1) is 11.6. The van der Waals surface area contributed by atoms with Gasteiger partial charge >= 0.3 is 19.3 Å². The zero-order valence-corrected chi connectivity index (χ0v) is 15.7. The maximum atomic E-state index is 10.8. The Morgan fingerprint density at radius 2 is 1.56 bits per heavy atom. The Morgan fingerprint density at radius 3 is 2.00 bits per heavy atom. The number of terminal acetylenes is 1. The summed E-state index contributed by atoms with van der Waals surface area (Å²) >= 11 is 0. The molecule has 0 aromatic heterocycles. The maximum Gasteiger partial charge on any atom is 0.486 e. The topological polar surface area (TPSA) is 95.1 Å². The smallest absolute Gasteiger partial charge is 0.453 e. The zero-order chi connectivity index (χ0) is 19.5. The monoisotopic (exact) mass is 354 g/mol. The van der Waals surface area contributed by atoms with Crippen LogP contribution in [0.15, 0.2) is 12.1 Å². The van der Waals surface area contributed by atoms with E-state index < -0.39 is 12.2 Å². The van der Waals surface area contributed by atoms with Gasteiger partial charge in [0.2, 0.25) is 0 Å². The highest BCUT2D eigenvalue weighted by Crippen LogP contribution is 2.36. The van der Waals surface area contributed by atoms with Gasteiger partial charge in [0, 0.05) is 6.54 Å². The Hall–Kier alpha value is -2.18. The molecule has 1 aliphatic rings. The van der Waals surface area contributed by atoms with Crippen molar-refractivity contribution < 1.29 is 28.4 Å². The van der Waals surface area contributed by atoms with Crippen LogP contribution in [0.25, 0.3) is 0 Å². The first-order valence-corrected chi connectivity index (χ1v) is 7.69. The molecule has 25 heavy (non-hydrogen) atoms. The summed E-state index contributed by atoms with van der Waals surface area (Å²) in [5.41, 5.74) is -0.671. The van der Waals surface area contributed by atoms with Crippen molar-refractivity contribution in [2.75, 3.05) is 27.3 Å². The van der Waals surface area contributed by atoms with E-state index in [-0.39, 0.29) is 24.9 Å². The molecule has 1 fully saturated rings. The molecule has 8 nitrogen and oxygen atoms in total. The molecular weight excluding hydrogens is 327 g/mol. The van der Waals surface area contributed by atoms with E-state index in [1.165, 1.54) is 14.2 Å². The molecule has 0 atom stereocenters. The largest absolute Gasteiger partial charge is 0.486 e. The van der Waals surface area contributed by atoms with Gasteiger partial charge in [0.15, 0.2) is 0 Å². The van der Waals surface area contributed by atoms with E-state index in [1.54, 1.807) is 12.1 Å². The van der Waals surface area contributed by atoms with Crippen molar-refractivity contribution in [3.8, 4) is 12.3 Å². The molecule has 0 aromatic carbocycles. The Morgan fingerprint density at radius 1 is 1.08 bits per heavy atom. The summed E-state index contributed by atoms with van der Waals surface area (Å²) in [4.78, 5) is 20.9. The summed E-state index contributed by atoms with van der Waals surface area (Å²) in [5.74, 6) is 4.01. The number of hydrogen-bond acceptors (Lipinski definition) is 6. The zero-order valence-electron chi connectivity index (χ0n) is 15.7. The molecule has 1 rings (SSSR count). The van der Waals surface area contributed by atoms with Crippen LogP contribution in [0.5, 0.6) is 0 Å². The second-order valence-electron chi connectivity index (χ2n) is 5.97. The van der Waals surface area contributed by atoms with Crippen LogP contribution in [-0.4, -0.2) is 57.8 Å². The summed E-state index contributed by atoms with van der Waals surface area (Å²) in [6.45, 7) is 8.57. The van der Waals surface area contributed by atoms with E-state index in [4.69, 9.17) is 15.7 Å². The molecular formula is C16H27BN2O6. The number of carbonyl (C=O) groups excluding carboxylic acids is 2. The average molecular weight is 354 g/mol. The molecule has 0 saturated carbocycles. The first-order valence-electron chi connectivity index (χ1n) is 7.69. The molecule has 1 aliphatic heterocycles. The molecule has 140 valence electrons. The van der Waals surface area contributed by atoms with Gasteiger partial charge in [0.25, 0.3) is 0 Å². The van der Waals surface area contributed by atoms with Crippen molar-refractivity contribution in [2.24, 2.45) is 0 Å². The number of carbonyl (C=O) groups is 2. The maximum absolute atomic E-state index is 10.8. The van der Waals surface area contributed by atoms with Crippen molar-refractivity contribution in [2.45, 2.75) is 38.9 Å². The summed E-state index contributed by atoms with van der Waals surface area (Å²) in [7, 11) is 2.23. The molecule has 0 aromatic rings. The predicted molar refractivity (Wildman–Crippen MR) is 94.9 cm³/mol. The van der Waals surface area contributed by atoms with Gasteiger partial charge in [0.1, 0.15) is 0 Å². The minimum atomic E-state index is -0.497. The third kappa shape index (κ3) is 8.47. The highest BCUT2D eigenvalue weighted by atomic mass is 16.7. The van der Waals surface area contributed by atoms with Gasteiger partial charge in [-0.1, -0.05) is 18.0 Å². The van der Waals surface area contributed by atoms with E-state index in [9.17, 15) is 9.59 Å². The summed E-state index contributed by atoms with van der Waals surface area (Å²) in [5, 5.41) is 4.82. The molecule has 0 spiro atoms. The minimum absolute atomic E-state index is 0.215. The molecule has 9 heteroatoms. The van der Waals surface area contributed by atoms with E-state index in [2.05, 4.69) is 26.0 Å². The molecule has 2 N–H and O–H groups in total. The lowest BCUT2D eigenvalue weighted by atomic mass is 9.90. The van der Waals surface area contributed by atoms with Crippen LogP contribution in [0, 0.1) is 12.3 Å². The van der Waals surface area contributed by atoms with Gasteiger partial charge < -0.3 is 29.4 Å². The van der Waals surface area contributed by atoms with Gasteiger partial charge in [-0.25, -0.2) is 9.59 Å². The van der Waals surface area contributed by atoms with Crippen LogP contribution >= 0.6 is 0 Å². The summed E-state index contributed by atoms with van der Waals surface area (Å²) in [6, 6.07) is 0. The first kappa shape index (κ1) is 22.8. The SMILES string of the molecule is C#CCNC(=O)OC.COC(=O)NC/C=C/B1OC(C)(C)C(C)(C)O1. The van der Waals surface area contributed by atoms with E-state index in [1.807, 2.05) is 27.7 Å². The molecule has 0 radical (unpaired) electrons. The van der Waals surface area contributed by atoms with Gasteiger partial charge in [-0.3, -0.25) is 0 Å². The Kier molecular flexibility index (Phi) is 9.71. The van der Waals surface area contributed by atoms with Gasteiger partial charge in [-0.2, -0.15) is 0 Å². The fourth-order valence-electron chi connectivity index (χ4n) is 1.56. The lowest BCUT2D eigenvalue weighted by Crippen LogP contribution is -2.41. The second-order valence-corrected chi connectivity index (χ2v) is 5.97. The average Bonchev–Trinajstić information content (AvgIpc) is 2.76. The summed E-state index contributed by atoms with van der Waals surface area (Å²) < 4.78 is 20.1. The lowest BCUT2D eigenvalue weighted by Gasteiger charge is -2.32. The highest BCUT2D eigenvalue weighted by Gasteiger charge is 2.49. The Bertz CT molecular complexity index is 497. The minimum Gasteiger partial charge on any atom is -0.453 e. The van der Waals surface area contributed by atoms with Crippen LogP contribution in [0.2, 0.25) is 0 Å². The Balaban J connectivity index is 0.000000609. The second kappa shape index (κ2) is 10.6. The normalized spacial score (nSPS) is 17.1. The number of rotatable bonds is 4. The molecule has 0 aliphatic carbocycles. The van der Waals surface area contributed by atoms with Crippen LogP contribution in [0.1, 0.15) is 27.7 Å². The molecule has 0 bridgehead atoms. The van der Waals surface area contributed by atoms with Crippen molar-refractivity contribution in [3.05, 3.63) is 12.1 Å². The number of nitrogens with one attached hydrogen (secondary N) is 2. The lowest BCUT2D eigenvalue weighted by molar-refractivity contribution is 0.00578. The van der Waals surface area contributed by atoms with Crippen LogP contribution in [-0.2, 0) is 18.8 Å². The third-order valence-electron chi connectivity index (χ3n) is 3.63. The number of hydrogen-bond donors (Lipinski definition) is 2. The summed E-state index contributed by atoms with van der Waals surface area (Å²) in [6.07, 6.45) is 5.64. The van der Waals surface area contributed by atoms with Crippen LogP contribution in [0.4, 0.5) is 9.59 Å². The molecule has 1 saturated heterocycles. The number of ether oxygens (including phenoxy) is 2. The van der Waals surface area contributed by atoms with E-state index in [0.29, 0.717) is 6.54 Å². The third-order valence-corrected chi connectivity index (χ3v) is 3.63. The van der Waals surface area contributed by atoms with Gasteiger partial charge in [0.05, 0.1) is 32.0 Å². The Labute approximate surface area is 149 Å². The number of amides is 2. The molecule has 2 amide bonds. The standard InChI is InChI=1S/C11H20BNO4.C5H7NO2/c1-10(2)11(3,4)17-12(16-10)7-6-8-13-9(14)15-5;1-3-4-6-5(7)8-2/h6-7H,8H2,1-5H3,(H,13,14);1H,4H2,2H3,(H,6,7)/b7-6+;. The predicted octanol–water partition coefficient (Wildman–Crippen LogP) is 1.51. The van der Waals surface area contributed by atoms with Crippen molar-refractivity contribution in [1.29, 1.82) is 0 Å². The van der Waals surface area contributed by atoms with Crippen LogP contribution < -0.4 is 10.6 Å².